The molecule has 0 amide bonds. The third kappa shape index (κ3) is 2.48. The van der Waals surface area contributed by atoms with Gasteiger partial charge in [-0.15, -0.1) is 0 Å². The fraction of sp³-hybridized carbons (Fsp3) is 0.625. The molecule has 1 aliphatic carbocycles. The van der Waals surface area contributed by atoms with Crippen molar-refractivity contribution in [3.05, 3.63) is 34.9 Å². The second-order valence-electron chi connectivity index (χ2n) is 5.62. The van der Waals surface area contributed by atoms with Gasteiger partial charge in [0, 0.05) is 0 Å². The summed E-state index contributed by atoms with van der Waals surface area (Å²) in [5, 5.41) is 0. The Balaban J connectivity index is 2.32. The highest BCUT2D eigenvalue weighted by Gasteiger charge is 2.19. The largest absolute Gasteiger partial charge is 0.0590 e. The normalized spacial score (nSPS) is 18.0. The Morgan fingerprint density at radius 3 is 2.38 bits per heavy atom. The molecule has 0 unspecified atom stereocenters. The Kier molecular flexibility index (Phi) is 3.68. The molecule has 0 nitrogen and oxygen atoms in total. The number of hydrogen-bond donors (Lipinski definition) is 0. The summed E-state index contributed by atoms with van der Waals surface area (Å²) in [7, 11) is 0. The van der Waals surface area contributed by atoms with Gasteiger partial charge >= 0.3 is 0 Å². The van der Waals surface area contributed by atoms with Crippen LogP contribution in [0, 0.1) is 6.92 Å². The van der Waals surface area contributed by atoms with Gasteiger partial charge in [0.1, 0.15) is 0 Å². The summed E-state index contributed by atoms with van der Waals surface area (Å²) in [5.74, 6) is 1.50. The summed E-state index contributed by atoms with van der Waals surface area (Å²) in [6.45, 7) is 6.85. The third-order valence-corrected chi connectivity index (χ3v) is 3.91. The van der Waals surface area contributed by atoms with Crippen molar-refractivity contribution in [2.45, 2.75) is 64.7 Å². The molecule has 1 aromatic rings. The van der Waals surface area contributed by atoms with E-state index in [9.17, 15) is 0 Å². The number of hydrogen-bond acceptors (Lipinski definition) is 0. The lowest BCUT2D eigenvalue weighted by Crippen LogP contribution is -2.08. The molecule has 0 aliphatic heterocycles. The van der Waals surface area contributed by atoms with Crippen LogP contribution < -0.4 is 0 Å². The van der Waals surface area contributed by atoms with Gasteiger partial charge in [0.25, 0.3) is 0 Å². The first-order valence-corrected chi connectivity index (χ1v) is 6.79. The molecule has 0 atom stereocenters. The lowest BCUT2D eigenvalue weighted by atomic mass is 9.79. The average Bonchev–Trinajstić information content (AvgIpc) is 2.29. The fourth-order valence-corrected chi connectivity index (χ4v) is 2.99. The molecule has 1 aliphatic rings. The first kappa shape index (κ1) is 11.7. The van der Waals surface area contributed by atoms with E-state index in [1.807, 2.05) is 0 Å². The van der Waals surface area contributed by atoms with Crippen LogP contribution in [-0.2, 0) is 0 Å². The van der Waals surface area contributed by atoms with E-state index in [1.165, 1.54) is 37.7 Å². The zero-order chi connectivity index (χ0) is 11.5. The SMILES string of the molecule is Cc1ccc(C(C)C)c(C2CCCCC2)c1. The third-order valence-electron chi connectivity index (χ3n) is 3.91. The molecule has 1 fully saturated rings. The molecule has 0 heteroatoms. The summed E-state index contributed by atoms with van der Waals surface area (Å²) < 4.78 is 0. The highest BCUT2D eigenvalue weighted by molar-refractivity contribution is 5.36. The van der Waals surface area contributed by atoms with Crippen molar-refractivity contribution in [3.8, 4) is 0 Å². The van der Waals surface area contributed by atoms with Gasteiger partial charge < -0.3 is 0 Å². The van der Waals surface area contributed by atoms with Gasteiger partial charge in [-0.05, 0) is 42.7 Å². The molecule has 16 heavy (non-hydrogen) atoms. The van der Waals surface area contributed by atoms with Crippen LogP contribution in [0.1, 0.15) is 74.5 Å². The molecule has 0 aromatic heterocycles. The standard InChI is InChI=1S/C16H24/c1-12(2)15-10-9-13(3)11-16(15)14-7-5-4-6-8-14/h9-12,14H,4-8H2,1-3H3. The molecular weight excluding hydrogens is 192 g/mol. The summed E-state index contributed by atoms with van der Waals surface area (Å²) in [4.78, 5) is 0. The molecule has 0 spiro atoms. The van der Waals surface area contributed by atoms with Gasteiger partial charge in [0.2, 0.25) is 0 Å². The van der Waals surface area contributed by atoms with E-state index in [2.05, 4.69) is 39.0 Å². The summed E-state index contributed by atoms with van der Waals surface area (Å²) >= 11 is 0. The summed E-state index contributed by atoms with van der Waals surface area (Å²) in [6.07, 6.45) is 7.11. The van der Waals surface area contributed by atoms with Gasteiger partial charge in [-0.1, -0.05) is 56.9 Å². The minimum absolute atomic E-state index is 0.664. The zero-order valence-corrected chi connectivity index (χ0v) is 10.9. The van der Waals surface area contributed by atoms with Crippen molar-refractivity contribution in [1.82, 2.24) is 0 Å². The first-order valence-electron chi connectivity index (χ1n) is 6.79. The smallest absolute Gasteiger partial charge is 0.0159 e. The Morgan fingerprint density at radius 2 is 1.75 bits per heavy atom. The molecule has 0 radical (unpaired) electrons. The van der Waals surface area contributed by atoms with Crippen molar-refractivity contribution >= 4 is 0 Å². The fourth-order valence-electron chi connectivity index (χ4n) is 2.99. The van der Waals surface area contributed by atoms with Crippen molar-refractivity contribution in [3.63, 3.8) is 0 Å². The number of benzene rings is 1. The quantitative estimate of drug-likeness (QED) is 0.640. The van der Waals surface area contributed by atoms with Gasteiger partial charge in [-0.3, -0.25) is 0 Å². The molecular formula is C16H24. The molecule has 0 bridgehead atoms. The highest BCUT2D eigenvalue weighted by Crippen LogP contribution is 2.36. The predicted molar refractivity (Wildman–Crippen MR) is 71.1 cm³/mol. The maximum absolute atomic E-state index is 2.44. The van der Waals surface area contributed by atoms with E-state index in [1.54, 1.807) is 11.1 Å². The molecule has 0 heterocycles. The topological polar surface area (TPSA) is 0 Å². The van der Waals surface area contributed by atoms with E-state index in [4.69, 9.17) is 0 Å². The second kappa shape index (κ2) is 5.03. The predicted octanol–water partition coefficient (Wildman–Crippen LogP) is 5.17. The summed E-state index contributed by atoms with van der Waals surface area (Å²) in [5.41, 5.74) is 4.65. The Hall–Kier alpha value is -0.780. The highest BCUT2D eigenvalue weighted by atomic mass is 14.2. The minimum atomic E-state index is 0.664. The average molecular weight is 216 g/mol. The molecule has 1 saturated carbocycles. The van der Waals surface area contributed by atoms with Crippen LogP contribution in [0.5, 0.6) is 0 Å². The van der Waals surface area contributed by atoms with Crippen LogP contribution in [0.25, 0.3) is 0 Å². The van der Waals surface area contributed by atoms with Crippen LogP contribution >= 0.6 is 0 Å². The van der Waals surface area contributed by atoms with Gasteiger partial charge in [-0.2, -0.15) is 0 Å². The van der Waals surface area contributed by atoms with E-state index < -0.39 is 0 Å². The molecule has 88 valence electrons. The van der Waals surface area contributed by atoms with Crippen LogP contribution in [0.2, 0.25) is 0 Å². The van der Waals surface area contributed by atoms with Gasteiger partial charge in [-0.25, -0.2) is 0 Å². The van der Waals surface area contributed by atoms with E-state index >= 15 is 0 Å². The number of aryl methyl sites for hydroxylation is 1. The molecule has 1 aromatic carbocycles. The van der Waals surface area contributed by atoms with Crippen molar-refractivity contribution in [2.24, 2.45) is 0 Å². The monoisotopic (exact) mass is 216 g/mol. The number of rotatable bonds is 2. The Bertz CT molecular complexity index is 343. The Morgan fingerprint density at radius 1 is 1.06 bits per heavy atom. The van der Waals surface area contributed by atoms with E-state index in [0.717, 1.165) is 5.92 Å². The van der Waals surface area contributed by atoms with Crippen LogP contribution in [0.3, 0.4) is 0 Å². The van der Waals surface area contributed by atoms with Crippen LogP contribution in [0.15, 0.2) is 18.2 Å². The van der Waals surface area contributed by atoms with Crippen molar-refractivity contribution in [2.75, 3.05) is 0 Å². The molecule has 0 N–H and O–H groups in total. The van der Waals surface area contributed by atoms with Crippen molar-refractivity contribution in [1.29, 1.82) is 0 Å². The summed E-state index contributed by atoms with van der Waals surface area (Å²) in [6, 6.07) is 7.05. The zero-order valence-electron chi connectivity index (χ0n) is 10.9. The van der Waals surface area contributed by atoms with Crippen LogP contribution in [0.4, 0.5) is 0 Å². The molecule has 0 saturated heterocycles. The lowest BCUT2D eigenvalue weighted by Gasteiger charge is -2.26. The van der Waals surface area contributed by atoms with Crippen molar-refractivity contribution < 1.29 is 0 Å². The Labute approximate surface area is 100 Å². The van der Waals surface area contributed by atoms with Crippen LogP contribution in [-0.4, -0.2) is 0 Å². The van der Waals surface area contributed by atoms with E-state index in [0.29, 0.717) is 5.92 Å². The maximum atomic E-state index is 2.44. The lowest BCUT2D eigenvalue weighted by molar-refractivity contribution is 0.440. The second-order valence-corrected chi connectivity index (χ2v) is 5.62. The van der Waals surface area contributed by atoms with Gasteiger partial charge in [0.15, 0.2) is 0 Å². The molecule has 2 rings (SSSR count). The van der Waals surface area contributed by atoms with Gasteiger partial charge in [0.05, 0.1) is 0 Å². The maximum Gasteiger partial charge on any atom is -0.0159 e. The first-order chi connectivity index (χ1) is 7.68. The van der Waals surface area contributed by atoms with E-state index in [-0.39, 0.29) is 0 Å². The minimum Gasteiger partial charge on any atom is -0.0590 e.